The number of alkyl halides is 1. The zero-order valence-corrected chi connectivity index (χ0v) is 11.2. The summed E-state index contributed by atoms with van der Waals surface area (Å²) in [5.74, 6) is 0. The zero-order valence-electron chi connectivity index (χ0n) is 11.2. The number of rotatable bonds is 5. The first-order chi connectivity index (χ1) is 8.29. The van der Waals surface area contributed by atoms with E-state index in [1.807, 2.05) is 0 Å². The molecule has 0 aromatic heterocycles. The van der Waals surface area contributed by atoms with E-state index >= 15 is 0 Å². The summed E-state index contributed by atoms with van der Waals surface area (Å²) in [6, 6.07) is 0.637. The van der Waals surface area contributed by atoms with Gasteiger partial charge in [-0.2, -0.15) is 0 Å². The summed E-state index contributed by atoms with van der Waals surface area (Å²) in [6.45, 7) is 5.28. The van der Waals surface area contributed by atoms with Crippen molar-refractivity contribution in [1.82, 2.24) is 10.2 Å². The van der Waals surface area contributed by atoms with Gasteiger partial charge in [-0.1, -0.05) is 26.2 Å². The second kappa shape index (κ2) is 6.14. The van der Waals surface area contributed by atoms with Gasteiger partial charge < -0.3 is 5.32 Å². The van der Waals surface area contributed by atoms with E-state index in [0.29, 0.717) is 18.0 Å². The average Bonchev–Trinajstić information content (AvgIpc) is 2.78. The molecule has 1 saturated carbocycles. The first-order valence-corrected chi connectivity index (χ1v) is 7.35. The van der Waals surface area contributed by atoms with Gasteiger partial charge in [0.1, 0.15) is 0 Å². The highest BCUT2D eigenvalue weighted by Crippen LogP contribution is 2.33. The molecule has 100 valence electrons. The number of piperazine rings is 1. The van der Waals surface area contributed by atoms with Crippen molar-refractivity contribution in [3.8, 4) is 0 Å². The van der Waals surface area contributed by atoms with Crippen LogP contribution in [0.4, 0.5) is 4.39 Å². The molecular formula is C14H27FN2. The molecule has 1 aliphatic heterocycles. The molecule has 0 bridgehead atoms. The fourth-order valence-corrected chi connectivity index (χ4v) is 3.57. The molecule has 2 rings (SSSR count). The Labute approximate surface area is 105 Å². The molecule has 1 saturated heterocycles. The lowest BCUT2D eigenvalue weighted by molar-refractivity contribution is 0.0727. The highest BCUT2D eigenvalue weighted by Gasteiger charge is 2.40. The molecule has 1 N–H and O–H groups in total. The molecular weight excluding hydrogens is 215 g/mol. The average molecular weight is 242 g/mol. The summed E-state index contributed by atoms with van der Waals surface area (Å²) in [6.07, 6.45) is 8.54. The quantitative estimate of drug-likeness (QED) is 0.797. The largest absolute Gasteiger partial charge is 0.308 e. The normalized spacial score (nSPS) is 28.9. The molecule has 1 heterocycles. The summed E-state index contributed by atoms with van der Waals surface area (Å²) >= 11 is 0. The van der Waals surface area contributed by atoms with Gasteiger partial charge in [-0.3, -0.25) is 9.29 Å². The van der Waals surface area contributed by atoms with Crippen molar-refractivity contribution in [2.75, 3.05) is 26.3 Å². The maximum Gasteiger partial charge on any atom is 0.0906 e. The Kier molecular flexibility index (Phi) is 4.80. The van der Waals surface area contributed by atoms with Crippen molar-refractivity contribution < 1.29 is 4.39 Å². The van der Waals surface area contributed by atoms with Crippen LogP contribution in [-0.2, 0) is 0 Å². The van der Waals surface area contributed by atoms with Crippen LogP contribution >= 0.6 is 0 Å². The van der Waals surface area contributed by atoms with E-state index in [2.05, 4.69) is 17.1 Å². The van der Waals surface area contributed by atoms with Crippen LogP contribution in [0.25, 0.3) is 0 Å². The van der Waals surface area contributed by atoms with Gasteiger partial charge in [0.05, 0.1) is 6.67 Å². The maximum atomic E-state index is 12.4. The number of nitrogens with one attached hydrogen (secondary N) is 1. The van der Waals surface area contributed by atoms with E-state index in [1.165, 1.54) is 38.5 Å². The summed E-state index contributed by atoms with van der Waals surface area (Å²) in [7, 11) is 0. The lowest BCUT2D eigenvalue weighted by Gasteiger charge is -2.46. The third-order valence-corrected chi connectivity index (χ3v) is 4.50. The molecule has 0 amide bonds. The third kappa shape index (κ3) is 3.19. The highest BCUT2D eigenvalue weighted by molar-refractivity contribution is 5.00. The standard InChI is InChI=1S/C14H27FN2/c1-2-6-13-11-16-14(7-3-4-8-14)12-17(13)10-5-9-15/h13,16H,2-12H2,1H3. The number of halogens is 1. The fourth-order valence-electron chi connectivity index (χ4n) is 3.57. The summed E-state index contributed by atoms with van der Waals surface area (Å²) in [5.41, 5.74) is 0.376. The van der Waals surface area contributed by atoms with Crippen LogP contribution in [0, 0.1) is 0 Å². The predicted molar refractivity (Wildman–Crippen MR) is 70.1 cm³/mol. The van der Waals surface area contributed by atoms with Crippen LogP contribution in [0.5, 0.6) is 0 Å². The first-order valence-electron chi connectivity index (χ1n) is 7.35. The number of hydrogen-bond donors (Lipinski definition) is 1. The van der Waals surface area contributed by atoms with E-state index in [0.717, 1.165) is 19.6 Å². The molecule has 0 aromatic rings. The minimum atomic E-state index is -0.171. The minimum absolute atomic E-state index is 0.171. The lowest BCUT2D eigenvalue weighted by atomic mass is 9.91. The van der Waals surface area contributed by atoms with E-state index in [4.69, 9.17) is 0 Å². The van der Waals surface area contributed by atoms with Crippen molar-refractivity contribution in [2.45, 2.75) is 63.5 Å². The topological polar surface area (TPSA) is 15.3 Å². The first kappa shape index (κ1) is 13.3. The summed E-state index contributed by atoms with van der Waals surface area (Å²) < 4.78 is 12.4. The second-order valence-electron chi connectivity index (χ2n) is 5.82. The van der Waals surface area contributed by atoms with E-state index in [9.17, 15) is 4.39 Å². The Hall–Kier alpha value is -0.150. The molecule has 1 spiro atoms. The molecule has 2 nitrogen and oxygen atoms in total. The Morgan fingerprint density at radius 1 is 1.35 bits per heavy atom. The maximum absolute atomic E-state index is 12.4. The molecule has 0 radical (unpaired) electrons. The Morgan fingerprint density at radius 3 is 2.76 bits per heavy atom. The van der Waals surface area contributed by atoms with Crippen LogP contribution in [0.1, 0.15) is 51.9 Å². The van der Waals surface area contributed by atoms with Crippen LogP contribution in [0.15, 0.2) is 0 Å². The third-order valence-electron chi connectivity index (χ3n) is 4.50. The minimum Gasteiger partial charge on any atom is -0.308 e. The zero-order chi connectivity index (χ0) is 12.1. The highest BCUT2D eigenvalue weighted by atomic mass is 19.1. The van der Waals surface area contributed by atoms with Gasteiger partial charge in [-0.05, 0) is 25.7 Å². The van der Waals surface area contributed by atoms with Crippen LogP contribution < -0.4 is 5.32 Å². The van der Waals surface area contributed by atoms with Gasteiger partial charge in [-0.25, -0.2) is 0 Å². The van der Waals surface area contributed by atoms with E-state index in [-0.39, 0.29) is 6.67 Å². The molecule has 1 atom stereocenters. The van der Waals surface area contributed by atoms with Crippen LogP contribution in [0.2, 0.25) is 0 Å². The Balaban J connectivity index is 1.93. The molecule has 17 heavy (non-hydrogen) atoms. The van der Waals surface area contributed by atoms with Gasteiger partial charge in [0.25, 0.3) is 0 Å². The van der Waals surface area contributed by atoms with Crippen molar-refractivity contribution >= 4 is 0 Å². The van der Waals surface area contributed by atoms with Gasteiger partial charge in [-0.15, -0.1) is 0 Å². The van der Waals surface area contributed by atoms with Gasteiger partial charge in [0.2, 0.25) is 0 Å². The molecule has 2 aliphatic rings. The lowest BCUT2D eigenvalue weighted by Crippen LogP contribution is -2.63. The summed E-state index contributed by atoms with van der Waals surface area (Å²) in [4.78, 5) is 2.56. The molecule has 0 aromatic carbocycles. The van der Waals surface area contributed by atoms with Crippen LogP contribution in [-0.4, -0.2) is 42.8 Å². The fraction of sp³-hybridized carbons (Fsp3) is 1.00. The Morgan fingerprint density at radius 2 is 2.12 bits per heavy atom. The van der Waals surface area contributed by atoms with E-state index < -0.39 is 0 Å². The monoisotopic (exact) mass is 242 g/mol. The Bertz CT molecular complexity index is 226. The number of hydrogen-bond acceptors (Lipinski definition) is 2. The molecule has 1 aliphatic carbocycles. The number of nitrogens with zero attached hydrogens (tertiary/aromatic N) is 1. The van der Waals surface area contributed by atoms with Gasteiger partial charge in [0.15, 0.2) is 0 Å². The van der Waals surface area contributed by atoms with Crippen LogP contribution in [0.3, 0.4) is 0 Å². The van der Waals surface area contributed by atoms with Gasteiger partial charge >= 0.3 is 0 Å². The smallest absolute Gasteiger partial charge is 0.0906 e. The van der Waals surface area contributed by atoms with Crippen molar-refractivity contribution in [2.24, 2.45) is 0 Å². The predicted octanol–water partition coefficient (Wildman–Crippen LogP) is 2.73. The van der Waals surface area contributed by atoms with Crippen molar-refractivity contribution in [3.63, 3.8) is 0 Å². The second-order valence-corrected chi connectivity index (χ2v) is 5.82. The molecule has 3 heteroatoms. The molecule has 1 unspecified atom stereocenters. The SMILES string of the molecule is CCCC1CNC2(CCCC2)CN1CCCF. The van der Waals surface area contributed by atoms with Crippen molar-refractivity contribution in [1.29, 1.82) is 0 Å². The molecule has 2 fully saturated rings. The van der Waals surface area contributed by atoms with Crippen molar-refractivity contribution in [3.05, 3.63) is 0 Å². The van der Waals surface area contributed by atoms with E-state index in [1.54, 1.807) is 0 Å². The summed E-state index contributed by atoms with van der Waals surface area (Å²) in [5, 5.41) is 3.80. The van der Waals surface area contributed by atoms with Gasteiger partial charge in [0, 0.05) is 31.2 Å².